The molecule has 0 spiro atoms. The van der Waals surface area contributed by atoms with Crippen molar-refractivity contribution < 1.29 is 9.53 Å². The molecule has 3 aromatic heterocycles. The smallest absolute Gasteiger partial charge is 0.256 e. The first-order valence-corrected chi connectivity index (χ1v) is 8.63. The van der Waals surface area contributed by atoms with Crippen molar-refractivity contribution in [2.24, 2.45) is 7.05 Å². The van der Waals surface area contributed by atoms with Crippen LogP contribution in [-0.2, 0) is 16.6 Å². The Labute approximate surface area is 155 Å². The van der Waals surface area contributed by atoms with Crippen molar-refractivity contribution in [3.05, 3.63) is 42.4 Å². The summed E-state index contributed by atoms with van der Waals surface area (Å²) in [6, 6.07) is 9.36. The van der Waals surface area contributed by atoms with E-state index in [2.05, 4.69) is 26.5 Å². The molecule has 138 valence electrons. The highest BCUT2D eigenvalue weighted by molar-refractivity contribution is 5.94. The Morgan fingerprint density at radius 2 is 2.19 bits per heavy atom. The zero-order valence-electron chi connectivity index (χ0n) is 15.0. The molecule has 1 saturated heterocycles. The SMILES string of the molecule is CC1CN(c2ccc(C#N)n3nccc23)CC(C(=O)Nc2ccn(C)n2)O1. The van der Waals surface area contributed by atoms with Gasteiger partial charge in [0, 0.05) is 25.9 Å². The fraction of sp³-hybridized carbons (Fsp3) is 0.333. The van der Waals surface area contributed by atoms with Gasteiger partial charge in [0.05, 0.1) is 30.0 Å². The molecular formula is C18H19N7O2. The minimum Gasteiger partial charge on any atom is -0.364 e. The molecule has 4 rings (SSSR count). The van der Waals surface area contributed by atoms with Crippen LogP contribution in [0.5, 0.6) is 0 Å². The number of carbonyl (C=O) groups excluding carboxylic acids is 1. The van der Waals surface area contributed by atoms with Crippen molar-refractivity contribution in [1.82, 2.24) is 19.4 Å². The lowest BCUT2D eigenvalue weighted by molar-refractivity contribution is -0.131. The summed E-state index contributed by atoms with van der Waals surface area (Å²) in [6.07, 6.45) is 2.67. The topological polar surface area (TPSA) is 100 Å². The molecule has 0 bridgehead atoms. The molecule has 2 atom stereocenters. The van der Waals surface area contributed by atoms with Gasteiger partial charge in [-0.25, -0.2) is 4.52 Å². The van der Waals surface area contributed by atoms with Gasteiger partial charge in [-0.3, -0.25) is 9.48 Å². The second-order valence-electron chi connectivity index (χ2n) is 6.55. The number of nitrogens with zero attached hydrogens (tertiary/aromatic N) is 6. The van der Waals surface area contributed by atoms with Crippen LogP contribution in [0.1, 0.15) is 12.6 Å². The largest absolute Gasteiger partial charge is 0.364 e. The van der Waals surface area contributed by atoms with E-state index in [1.54, 1.807) is 40.8 Å². The van der Waals surface area contributed by atoms with Crippen LogP contribution in [0, 0.1) is 11.3 Å². The predicted molar refractivity (Wildman–Crippen MR) is 98.3 cm³/mol. The van der Waals surface area contributed by atoms with Crippen molar-refractivity contribution in [2.45, 2.75) is 19.1 Å². The van der Waals surface area contributed by atoms with Crippen LogP contribution < -0.4 is 10.2 Å². The molecule has 0 saturated carbocycles. The fourth-order valence-corrected chi connectivity index (χ4v) is 3.34. The van der Waals surface area contributed by atoms with E-state index < -0.39 is 6.10 Å². The summed E-state index contributed by atoms with van der Waals surface area (Å²) < 4.78 is 9.09. The highest BCUT2D eigenvalue weighted by Gasteiger charge is 2.32. The fourth-order valence-electron chi connectivity index (χ4n) is 3.34. The molecule has 27 heavy (non-hydrogen) atoms. The van der Waals surface area contributed by atoms with Crippen molar-refractivity contribution in [3.63, 3.8) is 0 Å². The van der Waals surface area contributed by atoms with Crippen LogP contribution in [0.3, 0.4) is 0 Å². The highest BCUT2D eigenvalue weighted by Crippen LogP contribution is 2.26. The lowest BCUT2D eigenvalue weighted by Gasteiger charge is -2.37. The molecule has 0 aliphatic carbocycles. The van der Waals surface area contributed by atoms with Gasteiger partial charge in [-0.15, -0.1) is 0 Å². The lowest BCUT2D eigenvalue weighted by atomic mass is 10.1. The predicted octanol–water partition coefficient (Wildman–Crippen LogP) is 1.17. The lowest BCUT2D eigenvalue weighted by Crippen LogP contribution is -2.51. The Kier molecular flexibility index (Phi) is 4.25. The number of fused-ring (bicyclic) bond motifs is 1. The monoisotopic (exact) mass is 365 g/mol. The van der Waals surface area contributed by atoms with Crippen LogP contribution >= 0.6 is 0 Å². The summed E-state index contributed by atoms with van der Waals surface area (Å²) in [5.74, 6) is 0.260. The van der Waals surface area contributed by atoms with E-state index in [4.69, 9.17) is 4.74 Å². The molecule has 1 aliphatic heterocycles. The second kappa shape index (κ2) is 6.74. The number of hydrogen-bond donors (Lipinski definition) is 1. The van der Waals surface area contributed by atoms with Crippen molar-refractivity contribution in [2.75, 3.05) is 23.3 Å². The zero-order chi connectivity index (χ0) is 19.0. The maximum atomic E-state index is 12.6. The third-order valence-corrected chi connectivity index (χ3v) is 4.51. The van der Waals surface area contributed by atoms with E-state index in [0.29, 0.717) is 24.6 Å². The van der Waals surface area contributed by atoms with Gasteiger partial charge in [0.1, 0.15) is 11.8 Å². The van der Waals surface area contributed by atoms with E-state index in [1.165, 1.54) is 0 Å². The van der Waals surface area contributed by atoms with Crippen LogP contribution in [0.2, 0.25) is 0 Å². The quantitative estimate of drug-likeness (QED) is 0.748. The Morgan fingerprint density at radius 3 is 2.93 bits per heavy atom. The number of morpholine rings is 1. The maximum Gasteiger partial charge on any atom is 0.256 e. The second-order valence-corrected chi connectivity index (χ2v) is 6.55. The molecule has 3 aromatic rings. The number of amides is 1. The van der Waals surface area contributed by atoms with Gasteiger partial charge in [-0.1, -0.05) is 0 Å². The first kappa shape index (κ1) is 17.1. The number of anilines is 2. The number of nitrogens with one attached hydrogen (secondary N) is 1. The molecule has 2 unspecified atom stereocenters. The average Bonchev–Trinajstić information content (AvgIpc) is 3.29. The standard InChI is InChI=1S/C18H19N7O2/c1-12-10-24(14-4-3-13(9-19)25-15(14)5-7-20-25)11-16(27-12)18(26)21-17-6-8-23(2)22-17/h3-8,12,16H,10-11H2,1-2H3,(H,21,22,26). The van der Waals surface area contributed by atoms with E-state index in [0.717, 1.165) is 11.2 Å². The normalized spacial score (nSPS) is 19.8. The Morgan fingerprint density at radius 1 is 1.33 bits per heavy atom. The molecule has 4 heterocycles. The molecule has 1 N–H and O–H groups in total. The van der Waals surface area contributed by atoms with Crippen molar-refractivity contribution in [1.29, 1.82) is 5.26 Å². The number of rotatable bonds is 3. The summed E-state index contributed by atoms with van der Waals surface area (Å²) in [5, 5.41) is 20.4. The third kappa shape index (κ3) is 3.22. The molecule has 1 fully saturated rings. The van der Waals surface area contributed by atoms with Gasteiger partial charge >= 0.3 is 0 Å². The molecule has 1 amide bonds. The molecular weight excluding hydrogens is 346 g/mol. The summed E-state index contributed by atoms with van der Waals surface area (Å²) >= 11 is 0. The third-order valence-electron chi connectivity index (χ3n) is 4.51. The highest BCUT2D eigenvalue weighted by atomic mass is 16.5. The summed E-state index contributed by atoms with van der Waals surface area (Å²) in [5.41, 5.74) is 2.20. The molecule has 1 aliphatic rings. The molecule has 9 nitrogen and oxygen atoms in total. The first-order valence-electron chi connectivity index (χ1n) is 8.63. The van der Waals surface area contributed by atoms with E-state index >= 15 is 0 Å². The van der Waals surface area contributed by atoms with Gasteiger partial charge < -0.3 is 15.0 Å². The summed E-state index contributed by atoms with van der Waals surface area (Å²) in [6.45, 7) is 2.97. The maximum absolute atomic E-state index is 12.6. The number of aryl methyl sites for hydroxylation is 1. The van der Waals surface area contributed by atoms with E-state index in [-0.39, 0.29) is 12.0 Å². The number of hydrogen-bond acceptors (Lipinski definition) is 6. The molecule has 0 aromatic carbocycles. The zero-order valence-corrected chi connectivity index (χ0v) is 15.0. The minimum atomic E-state index is -0.630. The van der Waals surface area contributed by atoms with Crippen LogP contribution in [0.4, 0.5) is 11.5 Å². The summed E-state index contributed by atoms with van der Waals surface area (Å²) in [7, 11) is 1.79. The first-order chi connectivity index (χ1) is 13.0. The van der Waals surface area contributed by atoms with E-state index in [1.807, 2.05) is 19.1 Å². The summed E-state index contributed by atoms with van der Waals surface area (Å²) in [4.78, 5) is 14.7. The number of nitriles is 1. The van der Waals surface area contributed by atoms with Crippen LogP contribution in [-0.4, -0.2) is 50.6 Å². The van der Waals surface area contributed by atoms with Gasteiger partial charge in [-0.05, 0) is 25.1 Å². The molecule has 0 radical (unpaired) electrons. The number of aromatic nitrogens is 4. The van der Waals surface area contributed by atoms with Crippen LogP contribution in [0.25, 0.3) is 5.52 Å². The van der Waals surface area contributed by atoms with Gasteiger partial charge in [0.15, 0.2) is 11.9 Å². The number of carbonyl (C=O) groups is 1. The number of ether oxygens (including phenoxy) is 1. The van der Waals surface area contributed by atoms with Gasteiger partial charge in [-0.2, -0.15) is 15.5 Å². The van der Waals surface area contributed by atoms with E-state index in [9.17, 15) is 10.1 Å². The van der Waals surface area contributed by atoms with Crippen molar-refractivity contribution in [3.8, 4) is 6.07 Å². The Balaban J connectivity index is 1.58. The number of pyridine rings is 1. The Bertz CT molecular complexity index is 1030. The minimum absolute atomic E-state index is 0.128. The van der Waals surface area contributed by atoms with Crippen molar-refractivity contribution >= 4 is 22.9 Å². The average molecular weight is 365 g/mol. The molecule has 9 heteroatoms. The van der Waals surface area contributed by atoms with Gasteiger partial charge in [0.2, 0.25) is 0 Å². The van der Waals surface area contributed by atoms with Crippen LogP contribution in [0.15, 0.2) is 36.7 Å². The Hall–Kier alpha value is -3.38. The van der Waals surface area contributed by atoms with Gasteiger partial charge in [0.25, 0.3) is 5.91 Å².